The van der Waals surface area contributed by atoms with Crippen molar-refractivity contribution in [2.75, 3.05) is 0 Å². The minimum atomic E-state index is 0.0981. The van der Waals surface area contributed by atoms with Crippen molar-refractivity contribution in [3.05, 3.63) is 42.0 Å². The predicted octanol–water partition coefficient (Wildman–Crippen LogP) is 0.364. The minimum absolute atomic E-state index is 0.0981. The van der Waals surface area contributed by atoms with Gasteiger partial charge in [0, 0.05) is 19.4 Å². The Morgan fingerprint density at radius 1 is 1.50 bits per heavy atom. The first-order valence-electron chi connectivity index (χ1n) is 4.82. The van der Waals surface area contributed by atoms with Gasteiger partial charge in [-0.1, -0.05) is 5.16 Å². The molecule has 84 valence electrons. The molecule has 6 nitrogen and oxygen atoms in total. The Kier molecular flexibility index (Phi) is 2.63. The molecule has 0 aromatic carbocycles. The summed E-state index contributed by atoms with van der Waals surface area (Å²) in [6, 6.07) is 5.56. The van der Waals surface area contributed by atoms with Crippen molar-refractivity contribution in [2.45, 2.75) is 6.54 Å². The summed E-state index contributed by atoms with van der Waals surface area (Å²) >= 11 is 0. The maximum Gasteiger partial charge on any atom is 0.186 e. The van der Waals surface area contributed by atoms with Crippen molar-refractivity contribution in [3.63, 3.8) is 0 Å². The van der Waals surface area contributed by atoms with Gasteiger partial charge in [0.05, 0.1) is 17.9 Å². The highest BCUT2D eigenvalue weighted by Crippen LogP contribution is 2.05. The average molecular weight is 219 g/mol. The minimum Gasteiger partial charge on any atom is -0.409 e. The second-order valence-electron chi connectivity index (χ2n) is 3.49. The fraction of sp³-hybridized carbons (Fsp3) is 0.200. The molecule has 0 unspecified atom stereocenters. The van der Waals surface area contributed by atoms with Crippen LogP contribution >= 0.6 is 0 Å². The number of nitrogens with two attached hydrogens (primary N) is 1. The zero-order valence-electron chi connectivity index (χ0n) is 8.91. The van der Waals surface area contributed by atoms with Gasteiger partial charge in [-0.25, -0.2) is 0 Å². The van der Waals surface area contributed by atoms with Gasteiger partial charge in [0.1, 0.15) is 0 Å². The van der Waals surface area contributed by atoms with Gasteiger partial charge in [-0.15, -0.1) is 0 Å². The van der Waals surface area contributed by atoms with Gasteiger partial charge in [0.25, 0.3) is 0 Å². The lowest BCUT2D eigenvalue weighted by molar-refractivity contribution is 0.318. The van der Waals surface area contributed by atoms with Gasteiger partial charge in [-0.3, -0.25) is 4.68 Å². The maximum absolute atomic E-state index is 8.63. The van der Waals surface area contributed by atoms with Crippen molar-refractivity contribution in [3.8, 4) is 0 Å². The second kappa shape index (κ2) is 4.09. The van der Waals surface area contributed by atoms with Crippen LogP contribution in [0.5, 0.6) is 0 Å². The van der Waals surface area contributed by atoms with E-state index >= 15 is 0 Å². The highest BCUT2D eigenvalue weighted by molar-refractivity contribution is 5.95. The topological polar surface area (TPSA) is 81.4 Å². The van der Waals surface area contributed by atoms with Gasteiger partial charge in [0.2, 0.25) is 0 Å². The fourth-order valence-electron chi connectivity index (χ4n) is 1.56. The quantitative estimate of drug-likeness (QED) is 0.338. The molecule has 16 heavy (non-hydrogen) atoms. The first-order chi connectivity index (χ1) is 7.70. The highest BCUT2D eigenvalue weighted by atomic mass is 16.4. The Balaban J connectivity index is 2.25. The normalized spacial score (nSPS) is 11.9. The summed E-state index contributed by atoms with van der Waals surface area (Å²) in [5.41, 5.74) is 7.15. The van der Waals surface area contributed by atoms with Crippen molar-refractivity contribution < 1.29 is 5.21 Å². The van der Waals surface area contributed by atoms with Crippen LogP contribution in [0.1, 0.15) is 11.4 Å². The molecular formula is C10H13N5O. The van der Waals surface area contributed by atoms with E-state index in [1.807, 2.05) is 36.1 Å². The van der Waals surface area contributed by atoms with E-state index < -0.39 is 0 Å². The smallest absolute Gasteiger partial charge is 0.186 e. The van der Waals surface area contributed by atoms with Crippen molar-refractivity contribution in [1.29, 1.82) is 0 Å². The average Bonchev–Trinajstić information content (AvgIpc) is 2.87. The molecule has 0 saturated carbocycles. The van der Waals surface area contributed by atoms with Gasteiger partial charge in [-0.2, -0.15) is 5.10 Å². The molecule has 0 bridgehead atoms. The monoisotopic (exact) mass is 219 g/mol. The Bertz CT molecular complexity index is 511. The number of aromatic nitrogens is 3. The van der Waals surface area contributed by atoms with Crippen LogP contribution < -0.4 is 5.73 Å². The summed E-state index contributed by atoms with van der Waals surface area (Å²) in [5, 5.41) is 15.9. The molecule has 2 heterocycles. The summed E-state index contributed by atoms with van der Waals surface area (Å²) in [6.45, 7) is 0.597. The number of rotatable bonds is 3. The van der Waals surface area contributed by atoms with E-state index in [0.717, 1.165) is 5.69 Å². The maximum atomic E-state index is 8.63. The standard InChI is InChI=1S/C10H13N5O/c1-14-6-4-8(12-14)7-15-5-2-3-9(15)10(11)13-16/h2-6,16H,7H2,1H3,(H2,11,13). The van der Waals surface area contributed by atoms with E-state index in [1.54, 1.807) is 10.7 Å². The van der Waals surface area contributed by atoms with Crippen LogP contribution in [-0.2, 0) is 13.6 Å². The van der Waals surface area contributed by atoms with Crippen LogP contribution in [-0.4, -0.2) is 25.4 Å². The Labute approximate surface area is 92.6 Å². The fourth-order valence-corrected chi connectivity index (χ4v) is 1.56. The lowest BCUT2D eigenvalue weighted by atomic mass is 10.3. The Morgan fingerprint density at radius 2 is 2.31 bits per heavy atom. The zero-order chi connectivity index (χ0) is 11.5. The highest BCUT2D eigenvalue weighted by Gasteiger charge is 2.07. The molecular weight excluding hydrogens is 206 g/mol. The molecule has 2 aromatic heterocycles. The lowest BCUT2D eigenvalue weighted by Crippen LogP contribution is -2.18. The van der Waals surface area contributed by atoms with Gasteiger partial charge >= 0.3 is 0 Å². The predicted molar refractivity (Wildman–Crippen MR) is 59.3 cm³/mol. The third-order valence-corrected chi connectivity index (χ3v) is 2.30. The summed E-state index contributed by atoms with van der Waals surface area (Å²) in [4.78, 5) is 0. The number of hydrogen-bond acceptors (Lipinski definition) is 3. The molecule has 2 rings (SSSR count). The summed E-state index contributed by atoms with van der Waals surface area (Å²) < 4.78 is 3.61. The second-order valence-corrected chi connectivity index (χ2v) is 3.49. The molecule has 0 atom stereocenters. The molecule has 0 fully saturated rings. The van der Waals surface area contributed by atoms with Crippen molar-refractivity contribution >= 4 is 5.84 Å². The third kappa shape index (κ3) is 1.90. The molecule has 2 aromatic rings. The summed E-state index contributed by atoms with van der Waals surface area (Å²) in [6.07, 6.45) is 3.74. The van der Waals surface area contributed by atoms with Gasteiger partial charge < -0.3 is 15.5 Å². The van der Waals surface area contributed by atoms with Crippen LogP contribution in [0, 0.1) is 0 Å². The first kappa shape index (κ1) is 10.3. The third-order valence-electron chi connectivity index (χ3n) is 2.30. The Morgan fingerprint density at radius 3 is 2.94 bits per heavy atom. The summed E-state index contributed by atoms with van der Waals surface area (Å²) in [5.74, 6) is 0.0981. The van der Waals surface area contributed by atoms with E-state index in [-0.39, 0.29) is 5.84 Å². The van der Waals surface area contributed by atoms with Gasteiger partial charge in [-0.05, 0) is 18.2 Å². The molecule has 0 saturated heterocycles. The van der Waals surface area contributed by atoms with Crippen molar-refractivity contribution in [2.24, 2.45) is 17.9 Å². The molecule has 0 aliphatic heterocycles. The van der Waals surface area contributed by atoms with Crippen LogP contribution in [0.25, 0.3) is 0 Å². The SMILES string of the molecule is Cn1ccc(Cn2cccc2/C(N)=N/O)n1. The lowest BCUT2D eigenvalue weighted by Gasteiger charge is -2.05. The summed E-state index contributed by atoms with van der Waals surface area (Å²) in [7, 11) is 1.86. The number of nitrogens with zero attached hydrogens (tertiary/aromatic N) is 4. The molecule has 0 spiro atoms. The van der Waals surface area contributed by atoms with E-state index in [1.165, 1.54) is 0 Å². The zero-order valence-corrected chi connectivity index (χ0v) is 8.91. The Hall–Kier alpha value is -2.24. The largest absolute Gasteiger partial charge is 0.409 e. The molecule has 0 aliphatic rings. The molecule has 0 amide bonds. The van der Waals surface area contributed by atoms with E-state index in [4.69, 9.17) is 10.9 Å². The number of amidine groups is 1. The number of oxime groups is 1. The van der Waals surface area contributed by atoms with Crippen LogP contribution in [0.3, 0.4) is 0 Å². The van der Waals surface area contributed by atoms with Crippen LogP contribution in [0.15, 0.2) is 35.7 Å². The molecule has 0 aliphatic carbocycles. The van der Waals surface area contributed by atoms with Crippen molar-refractivity contribution in [1.82, 2.24) is 14.3 Å². The number of aryl methyl sites for hydroxylation is 1. The van der Waals surface area contributed by atoms with Crippen LogP contribution in [0.4, 0.5) is 0 Å². The van der Waals surface area contributed by atoms with E-state index in [0.29, 0.717) is 12.2 Å². The number of hydrogen-bond donors (Lipinski definition) is 2. The molecule has 6 heteroatoms. The van der Waals surface area contributed by atoms with E-state index in [2.05, 4.69) is 10.3 Å². The molecule has 3 N–H and O–H groups in total. The van der Waals surface area contributed by atoms with E-state index in [9.17, 15) is 0 Å². The molecule has 0 radical (unpaired) electrons. The van der Waals surface area contributed by atoms with Crippen LogP contribution in [0.2, 0.25) is 0 Å². The first-order valence-corrected chi connectivity index (χ1v) is 4.82. The van der Waals surface area contributed by atoms with Gasteiger partial charge in [0.15, 0.2) is 5.84 Å².